The molecule has 30 heavy (non-hydrogen) atoms. The lowest BCUT2D eigenvalue weighted by Gasteiger charge is -2.37. The zero-order chi connectivity index (χ0) is 21.3. The minimum atomic E-state index is -0.959. The lowest BCUT2D eigenvalue weighted by Crippen LogP contribution is -2.42. The van der Waals surface area contributed by atoms with E-state index in [1.54, 1.807) is 30.6 Å². The molecule has 2 atom stereocenters. The second-order valence-corrected chi connectivity index (χ2v) is 8.58. The molecule has 2 aromatic rings. The van der Waals surface area contributed by atoms with Crippen molar-refractivity contribution in [1.29, 1.82) is 0 Å². The summed E-state index contributed by atoms with van der Waals surface area (Å²) in [7, 11) is 0. The number of Topliss-reactive ketones (excluding diaryl/α,β-unsaturated/α-hetero) is 1. The summed E-state index contributed by atoms with van der Waals surface area (Å²) in [6.07, 6.45) is 7.70. The number of carbonyl (C=O) groups excluding carboxylic acids is 1. The summed E-state index contributed by atoms with van der Waals surface area (Å²) in [6, 6.07) is 5.91. The third-order valence-electron chi connectivity index (χ3n) is 5.62. The predicted octanol–water partition coefficient (Wildman–Crippen LogP) is 3.21. The molecule has 0 bridgehead atoms. The monoisotopic (exact) mass is 429 g/mol. The molecule has 0 amide bonds. The molecular weight excluding hydrogens is 405 g/mol. The number of carboxylic acid groups (broad SMARTS) is 1. The minimum absolute atomic E-state index is 0.0152. The van der Waals surface area contributed by atoms with Gasteiger partial charge >= 0.3 is 5.97 Å². The van der Waals surface area contributed by atoms with E-state index in [1.165, 1.54) is 10.7 Å². The average Bonchev–Trinajstić information content (AvgIpc) is 3.47. The highest BCUT2D eigenvalue weighted by Gasteiger charge is 2.40. The van der Waals surface area contributed by atoms with Crippen molar-refractivity contribution >= 4 is 30.5 Å². The largest absolute Gasteiger partial charge is 0.480 e. The van der Waals surface area contributed by atoms with Crippen LogP contribution < -0.4 is 0 Å². The molecule has 8 heteroatoms. The van der Waals surface area contributed by atoms with E-state index in [0.29, 0.717) is 18.7 Å². The van der Waals surface area contributed by atoms with E-state index < -0.39 is 12.0 Å². The maximum absolute atomic E-state index is 14.6. The molecule has 2 fully saturated rings. The van der Waals surface area contributed by atoms with Crippen molar-refractivity contribution < 1.29 is 19.1 Å². The van der Waals surface area contributed by atoms with Gasteiger partial charge in [0.25, 0.3) is 0 Å². The molecule has 1 N–H and O–H groups in total. The van der Waals surface area contributed by atoms with E-state index >= 15 is 0 Å². The van der Waals surface area contributed by atoms with Crippen LogP contribution in [0.1, 0.15) is 36.4 Å². The number of aromatic nitrogens is 2. The van der Waals surface area contributed by atoms with Gasteiger partial charge in [-0.1, -0.05) is 24.3 Å². The van der Waals surface area contributed by atoms with Gasteiger partial charge in [-0.05, 0) is 30.9 Å². The molecule has 1 aliphatic carbocycles. The second kappa shape index (κ2) is 8.73. The van der Waals surface area contributed by atoms with Crippen molar-refractivity contribution in [3.63, 3.8) is 0 Å². The maximum Gasteiger partial charge on any atom is 0.325 e. The second-order valence-electron chi connectivity index (χ2n) is 7.96. The highest BCUT2D eigenvalue weighted by Crippen LogP contribution is 2.39. The predicted molar refractivity (Wildman–Crippen MR) is 114 cm³/mol. The van der Waals surface area contributed by atoms with E-state index in [2.05, 4.69) is 5.10 Å². The first-order chi connectivity index (χ1) is 14.4. The van der Waals surface area contributed by atoms with Gasteiger partial charge in [-0.2, -0.15) is 17.7 Å². The summed E-state index contributed by atoms with van der Waals surface area (Å²) in [5, 5.41) is 13.0. The molecule has 1 saturated carbocycles. The minimum Gasteiger partial charge on any atom is -0.480 e. The first kappa shape index (κ1) is 20.8. The van der Waals surface area contributed by atoms with Crippen molar-refractivity contribution in [2.45, 2.75) is 37.1 Å². The number of piperidine rings is 1. The molecule has 1 aliphatic heterocycles. The van der Waals surface area contributed by atoms with Crippen LogP contribution >= 0.6 is 12.6 Å². The van der Waals surface area contributed by atoms with Crippen molar-refractivity contribution in [2.24, 2.45) is 5.92 Å². The van der Waals surface area contributed by atoms with Crippen molar-refractivity contribution in [1.82, 2.24) is 14.7 Å². The number of likely N-dealkylation sites (tertiary alicyclic amines) is 1. The number of halogens is 1. The first-order valence-corrected chi connectivity index (χ1v) is 10.6. The number of carbonyl (C=O) groups is 2. The van der Waals surface area contributed by atoms with Crippen LogP contribution in [0.5, 0.6) is 0 Å². The van der Waals surface area contributed by atoms with E-state index in [4.69, 9.17) is 17.7 Å². The molecule has 4 rings (SSSR count). The van der Waals surface area contributed by atoms with E-state index in [1.807, 2.05) is 11.0 Å². The smallest absolute Gasteiger partial charge is 0.325 e. The standard InChI is InChI=1S/C22H24FN3O3S/c23-18-4-2-1-3-17(18)21(22(29)15-5-6-15)25-8-7-19(30)16(12-25)9-14-10-24-26(11-14)13-20(27)28/h1-4,9-11,15,19,21,30H,5-8,12-13H2,(H,27,28). The normalized spacial score (nSPS) is 22.2. The Kier molecular flexibility index (Phi) is 6.06. The van der Waals surface area contributed by atoms with Gasteiger partial charge in [0.1, 0.15) is 12.4 Å². The maximum atomic E-state index is 14.6. The summed E-state index contributed by atoms with van der Waals surface area (Å²) in [5.74, 6) is -1.21. The Bertz CT molecular complexity index is 986. The van der Waals surface area contributed by atoms with E-state index in [9.17, 15) is 14.0 Å². The zero-order valence-corrected chi connectivity index (χ0v) is 17.3. The van der Waals surface area contributed by atoms with Gasteiger partial charge in [0.05, 0.1) is 12.2 Å². The Hall–Kier alpha value is -2.45. The van der Waals surface area contributed by atoms with Crippen LogP contribution in [0.2, 0.25) is 0 Å². The summed E-state index contributed by atoms with van der Waals surface area (Å²) in [4.78, 5) is 26.0. The Morgan fingerprint density at radius 1 is 1.30 bits per heavy atom. The topological polar surface area (TPSA) is 75.4 Å². The number of nitrogens with zero attached hydrogens (tertiary/aromatic N) is 3. The van der Waals surface area contributed by atoms with Gasteiger partial charge in [-0.3, -0.25) is 19.2 Å². The van der Waals surface area contributed by atoms with E-state index in [0.717, 1.165) is 30.4 Å². The Morgan fingerprint density at radius 2 is 2.07 bits per heavy atom. The van der Waals surface area contributed by atoms with Crippen molar-refractivity contribution in [2.75, 3.05) is 13.1 Å². The van der Waals surface area contributed by atoms with Crippen molar-refractivity contribution in [3.05, 3.63) is 59.2 Å². The van der Waals surface area contributed by atoms with Crippen LogP contribution in [0.4, 0.5) is 4.39 Å². The Labute approximate surface area is 179 Å². The molecular formula is C22H24FN3O3S. The van der Waals surface area contributed by atoms with Crippen molar-refractivity contribution in [3.8, 4) is 0 Å². The summed E-state index contributed by atoms with van der Waals surface area (Å²) in [5.41, 5.74) is 2.22. The quantitative estimate of drug-likeness (QED) is 0.661. The first-order valence-electron chi connectivity index (χ1n) is 10.1. The molecule has 2 aliphatic rings. The molecule has 0 spiro atoms. The molecule has 158 valence electrons. The number of thiol groups is 1. The highest BCUT2D eigenvalue weighted by molar-refractivity contribution is 7.81. The van der Waals surface area contributed by atoms with Crippen LogP contribution in [-0.2, 0) is 16.1 Å². The van der Waals surface area contributed by atoms with Crippen LogP contribution in [0.3, 0.4) is 0 Å². The highest BCUT2D eigenvalue weighted by atomic mass is 32.1. The zero-order valence-electron chi connectivity index (χ0n) is 16.4. The fourth-order valence-corrected chi connectivity index (χ4v) is 4.24. The van der Waals surface area contributed by atoms with Gasteiger partial charge in [-0.25, -0.2) is 4.39 Å². The summed E-state index contributed by atoms with van der Waals surface area (Å²) in [6.45, 7) is 0.946. The van der Waals surface area contributed by atoms with E-state index in [-0.39, 0.29) is 29.3 Å². The van der Waals surface area contributed by atoms with Crippen LogP contribution in [0.25, 0.3) is 6.08 Å². The number of aliphatic carboxylic acids is 1. The molecule has 0 radical (unpaired) electrons. The number of rotatable bonds is 7. The average molecular weight is 430 g/mol. The lowest BCUT2D eigenvalue weighted by atomic mass is 9.93. The van der Waals surface area contributed by atoms with Crippen LogP contribution in [-0.4, -0.2) is 49.9 Å². The lowest BCUT2D eigenvalue weighted by molar-refractivity contribution is -0.137. The molecule has 6 nitrogen and oxygen atoms in total. The molecule has 2 unspecified atom stereocenters. The molecule has 1 saturated heterocycles. The summed E-state index contributed by atoms with van der Waals surface area (Å²) < 4.78 is 16.0. The van der Waals surface area contributed by atoms with Gasteiger partial charge < -0.3 is 5.11 Å². The number of benzene rings is 1. The fourth-order valence-electron chi connectivity index (χ4n) is 3.97. The number of ketones is 1. The Balaban J connectivity index is 1.60. The van der Waals surface area contributed by atoms with Gasteiger partial charge in [-0.15, -0.1) is 0 Å². The summed E-state index contributed by atoms with van der Waals surface area (Å²) >= 11 is 4.70. The number of hydrogen-bond donors (Lipinski definition) is 2. The van der Waals surface area contributed by atoms with Crippen LogP contribution in [0, 0.1) is 11.7 Å². The molecule has 2 heterocycles. The number of carboxylic acids is 1. The SMILES string of the molecule is O=C(O)Cn1cc(C=C2CN(C(C(=O)C3CC3)c3ccccc3F)CCC2S)cn1. The Morgan fingerprint density at radius 3 is 2.77 bits per heavy atom. The van der Waals surface area contributed by atoms with Gasteiger partial charge in [0, 0.05) is 41.6 Å². The van der Waals surface area contributed by atoms with Gasteiger partial charge in [0.2, 0.25) is 0 Å². The third kappa shape index (κ3) is 4.65. The number of hydrogen-bond acceptors (Lipinski definition) is 5. The van der Waals surface area contributed by atoms with Gasteiger partial charge in [0.15, 0.2) is 5.78 Å². The van der Waals surface area contributed by atoms with Crippen LogP contribution in [0.15, 0.2) is 42.2 Å². The molecule has 1 aromatic carbocycles. The third-order valence-corrected chi connectivity index (χ3v) is 6.21. The molecule has 1 aromatic heterocycles. The fraction of sp³-hybridized carbons (Fsp3) is 0.409.